The normalized spacial score (nSPS) is 21.2. The Morgan fingerprint density at radius 1 is 1.37 bits per heavy atom. The molecule has 102 valence electrons. The second kappa shape index (κ2) is 4.63. The second-order valence-corrected chi connectivity index (χ2v) is 6.65. The average molecular weight is 280 g/mol. The van der Waals surface area contributed by atoms with E-state index in [9.17, 15) is 8.42 Å². The highest BCUT2D eigenvalue weighted by Gasteiger charge is 2.27. The van der Waals surface area contributed by atoms with Crippen LogP contribution in [0, 0.1) is 0 Å². The third-order valence-corrected chi connectivity index (χ3v) is 4.99. The number of hydrogen-bond donors (Lipinski definition) is 1. The molecule has 0 radical (unpaired) electrons. The summed E-state index contributed by atoms with van der Waals surface area (Å²) in [7, 11) is -1.55. The van der Waals surface area contributed by atoms with Crippen LogP contribution in [0.4, 0.5) is 0 Å². The molecule has 1 aliphatic rings. The van der Waals surface area contributed by atoms with Crippen LogP contribution in [0.25, 0.3) is 11.0 Å². The van der Waals surface area contributed by atoms with Crippen LogP contribution < -0.4 is 4.72 Å². The number of furan rings is 1. The maximum absolute atomic E-state index is 12.4. The standard InChI is InChI=1S/C13H16N2O3S/c1-15-7-5-11(9-15)14-19(16,17)12-4-2-3-10-6-8-18-13(10)12/h2-4,6,8,11,14H,5,7,9H2,1H3/t11-/m0/s1. The van der Waals surface area contributed by atoms with Gasteiger partial charge in [-0.05, 0) is 32.1 Å². The van der Waals surface area contributed by atoms with Crippen LogP contribution in [-0.2, 0) is 10.0 Å². The average Bonchev–Trinajstić information content (AvgIpc) is 2.96. The number of likely N-dealkylation sites (N-methyl/N-ethyl adjacent to an activating group) is 1. The maximum Gasteiger partial charge on any atom is 0.244 e. The van der Waals surface area contributed by atoms with Crippen molar-refractivity contribution in [3.05, 3.63) is 30.5 Å². The molecule has 19 heavy (non-hydrogen) atoms. The summed E-state index contributed by atoms with van der Waals surface area (Å²) in [6, 6.07) is 6.87. The third kappa shape index (κ3) is 2.39. The van der Waals surface area contributed by atoms with Crippen molar-refractivity contribution in [1.29, 1.82) is 0 Å². The molecule has 0 bridgehead atoms. The first kappa shape index (κ1) is 12.7. The van der Waals surface area contributed by atoms with Crippen molar-refractivity contribution in [1.82, 2.24) is 9.62 Å². The first-order chi connectivity index (χ1) is 9.06. The van der Waals surface area contributed by atoms with Gasteiger partial charge in [0.15, 0.2) is 5.58 Å². The van der Waals surface area contributed by atoms with Crippen LogP contribution >= 0.6 is 0 Å². The zero-order valence-electron chi connectivity index (χ0n) is 10.7. The smallest absolute Gasteiger partial charge is 0.244 e. The van der Waals surface area contributed by atoms with Crippen molar-refractivity contribution in [2.75, 3.05) is 20.1 Å². The first-order valence-electron chi connectivity index (χ1n) is 6.23. The van der Waals surface area contributed by atoms with E-state index >= 15 is 0 Å². The van der Waals surface area contributed by atoms with Gasteiger partial charge < -0.3 is 9.32 Å². The Hall–Kier alpha value is -1.37. The number of nitrogens with zero attached hydrogens (tertiary/aromatic N) is 1. The summed E-state index contributed by atoms with van der Waals surface area (Å²) in [6.45, 7) is 1.66. The van der Waals surface area contributed by atoms with Crippen LogP contribution in [-0.4, -0.2) is 39.5 Å². The molecule has 0 spiro atoms. The largest absolute Gasteiger partial charge is 0.463 e. The van der Waals surface area contributed by atoms with E-state index in [0.717, 1.165) is 24.9 Å². The lowest BCUT2D eigenvalue weighted by atomic mass is 10.3. The van der Waals surface area contributed by atoms with Gasteiger partial charge in [0, 0.05) is 18.0 Å². The number of benzene rings is 1. The molecular weight excluding hydrogens is 264 g/mol. The van der Waals surface area contributed by atoms with E-state index in [-0.39, 0.29) is 10.9 Å². The molecule has 1 N–H and O–H groups in total. The number of likely N-dealkylation sites (tertiary alicyclic amines) is 1. The van der Waals surface area contributed by atoms with Gasteiger partial charge in [-0.2, -0.15) is 0 Å². The summed E-state index contributed by atoms with van der Waals surface area (Å²) in [5.74, 6) is 0. The molecule has 1 aromatic heterocycles. The van der Waals surface area contributed by atoms with Gasteiger partial charge in [0.05, 0.1) is 6.26 Å². The molecule has 1 saturated heterocycles. The number of fused-ring (bicyclic) bond motifs is 1. The Kier molecular flexibility index (Phi) is 3.08. The van der Waals surface area contributed by atoms with Crippen LogP contribution in [0.1, 0.15) is 6.42 Å². The topological polar surface area (TPSA) is 62.6 Å². The fraction of sp³-hybridized carbons (Fsp3) is 0.385. The van der Waals surface area contributed by atoms with Crippen LogP contribution in [0.5, 0.6) is 0 Å². The first-order valence-corrected chi connectivity index (χ1v) is 7.72. The fourth-order valence-electron chi connectivity index (χ4n) is 2.49. The molecular formula is C13H16N2O3S. The van der Waals surface area contributed by atoms with Gasteiger partial charge in [-0.1, -0.05) is 12.1 Å². The Balaban J connectivity index is 1.93. The molecule has 1 atom stereocenters. The lowest BCUT2D eigenvalue weighted by Gasteiger charge is -2.13. The van der Waals surface area contributed by atoms with Gasteiger partial charge in [-0.25, -0.2) is 13.1 Å². The summed E-state index contributed by atoms with van der Waals surface area (Å²) in [4.78, 5) is 2.32. The summed E-state index contributed by atoms with van der Waals surface area (Å²) in [5, 5.41) is 0.798. The van der Waals surface area contributed by atoms with Crippen molar-refractivity contribution in [2.24, 2.45) is 0 Å². The van der Waals surface area contributed by atoms with E-state index in [1.807, 2.05) is 13.1 Å². The molecule has 1 aliphatic heterocycles. The summed E-state index contributed by atoms with van der Waals surface area (Å²) in [6.07, 6.45) is 2.34. The van der Waals surface area contributed by atoms with Crippen molar-refractivity contribution in [2.45, 2.75) is 17.4 Å². The summed E-state index contributed by atoms with van der Waals surface area (Å²) < 4.78 is 32.9. The van der Waals surface area contributed by atoms with Crippen molar-refractivity contribution in [3.63, 3.8) is 0 Å². The monoisotopic (exact) mass is 280 g/mol. The molecule has 1 fully saturated rings. The van der Waals surface area contributed by atoms with Crippen molar-refractivity contribution in [3.8, 4) is 0 Å². The highest BCUT2D eigenvalue weighted by Crippen LogP contribution is 2.24. The molecule has 5 nitrogen and oxygen atoms in total. The number of rotatable bonds is 3. The van der Waals surface area contributed by atoms with Crippen LogP contribution in [0.2, 0.25) is 0 Å². The minimum atomic E-state index is -3.53. The Bertz CT molecular complexity index is 693. The SMILES string of the molecule is CN1CC[C@H](NS(=O)(=O)c2cccc3ccoc23)C1. The highest BCUT2D eigenvalue weighted by atomic mass is 32.2. The van der Waals surface area contributed by atoms with Gasteiger partial charge in [-0.15, -0.1) is 0 Å². The Morgan fingerprint density at radius 3 is 2.95 bits per heavy atom. The van der Waals surface area contributed by atoms with E-state index < -0.39 is 10.0 Å². The van der Waals surface area contributed by atoms with Gasteiger partial charge in [-0.3, -0.25) is 0 Å². The van der Waals surface area contributed by atoms with Crippen molar-refractivity contribution >= 4 is 21.0 Å². The van der Waals surface area contributed by atoms with Gasteiger partial charge in [0.1, 0.15) is 4.90 Å². The predicted octanol–water partition coefficient (Wildman–Crippen LogP) is 1.42. The van der Waals surface area contributed by atoms with E-state index in [1.54, 1.807) is 18.2 Å². The Morgan fingerprint density at radius 2 is 2.21 bits per heavy atom. The zero-order chi connectivity index (χ0) is 13.5. The molecule has 2 aromatic rings. The van der Waals surface area contributed by atoms with Crippen molar-refractivity contribution < 1.29 is 12.8 Å². The summed E-state index contributed by atoms with van der Waals surface area (Å²) >= 11 is 0. The van der Waals surface area contributed by atoms with E-state index in [2.05, 4.69) is 9.62 Å². The van der Waals surface area contributed by atoms with E-state index in [4.69, 9.17) is 4.42 Å². The number of sulfonamides is 1. The summed E-state index contributed by atoms with van der Waals surface area (Å²) in [5.41, 5.74) is 0.418. The molecule has 0 aliphatic carbocycles. The molecule has 0 amide bonds. The molecule has 0 unspecified atom stereocenters. The zero-order valence-corrected chi connectivity index (χ0v) is 11.5. The van der Waals surface area contributed by atoms with E-state index in [1.165, 1.54) is 6.26 Å². The molecule has 3 rings (SSSR count). The minimum Gasteiger partial charge on any atom is -0.463 e. The minimum absolute atomic E-state index is 0.0276. The second-order valence-electron chi connectivity index (χ2n) is 4.96. The van der Waals surface area contributed by atoms with E-state index in [0.29, 0.717) is 5.58 Å². The number of nitrogens with one attached hydrogen (secondary N) is 1. The highest BCUT2D eigenvalue weighted by molar-refractivity contribution is 7.89. The quantitative estimate of drug-likeness (QED) is 0.923. The van der Waals surface area contributed by atoms with Gasteiger partial charge in [0.2, 0.25) is 10.0 Å². The van der Waals surface area contributed by atoms with Gasteiger partial charge >= 0.3 is 0 Å². The maximum atomic E-state index is 12.4. The number of para-hydroxylation sites is 1. The lowest BCUT2D eigenvalue weighted by Crippen LogP contribution is -2.36. The molecule has 2 heterocycles. The van der Waals surface area contributed by atoms with Crippen LogP contribution in [0.15, 0.2) is 39.8 Å². The fourth-order valence-corrected chi connectivity index (χ4v) is 3.92. The molecule has 0 saturated carbocycles. The Labute approximate surface area is 112 Å². The number of hydrogen-bond acceptors (Lipinski definition) is 4. The lowest BCUT2D eigenvalue weighted by molar-refractivity contribution is 0.407. The van der Waals surface area contributed by atoms with Gasteiger partial charge in [0.25, 0.3) is 0 Å². The predicted molar refractivity (Wildman–Crippen MR) is 72.4 cm³/mol. The van der Waals surface area contributed by atoms with Crippen LogP contribution in [0.3, 0.4) is 0 Å². The molecule has 1 aromatic carbocycles. The molecule has 6 heteroatoms. The third-order valence-electron chi connectivity index (χ3n) is 3.45.